The molecule has 1 N–H and O–H groups in total. The SMILES string of the molecule is Oc1ccccc1-n1nccc1C(F)(F)F. The summed E-state index contributed by atoms with van der Waals surface area (Å²) < 4.78 is 38.3. The van der Waals surface area contributed by atoms with Gasteiger partial charge in [0.1, 0.15) is 17.1 Å². The molecule has 1 aromatic carbocycles. The molecule has 0 aliphatic carbocycles. The van der Waals surface area contributed by atoms with Crippen molar-refractivity contribution in [1.29, 1.82) is 0 Å². The molecule has 0 saturated heterocycles. The van der Waals surface area contributed by atoms with E-state index in [0.717, 1.165) is 12.3 Å². The molecule has 0 atom stereocenters. The summed E-state index contributed by atoms with van der Waals surface area (Å²) in [5.41, 5.74) is -0.922. The van der Waals surface area contributed by atoms with E-state index in [2.05, 4.69) is 5.10 Å². The van der Waals surface area contributed by atoms with Gasteiger partial charge in [-0.1, -0.05) is 12.1 Å². The van der Waals surface area contributed by atoms with Crippen molar-refractivity contribution in [2.45, 2.75) is 6.18 Å². The molecule has 0 aliphatic heterocycles. The van der Waals surface area contributed by atoms with Gasteiger partial charge in [-0.3, -0.25) is 0 Å². The van der Waals surface area contributed by atoms with Crippen molar-refractivity contribution in [3.63, 3.8) is 0 Å². The van der Waals surface area contributed by atoms with E-state index < -0.39 is 11.9 Å². The number of aromatic nitrogens is 2. The van der Waals surface area contributed by atoms with Crippen LogP contribution in [0.2, 0.25) is 0 Å². The first-order valence-corrected chi connectivity index (χ1v) is 4.40. The van der Waals surface area contributed by atoms with Gasteiger partial charge in [0.05, 0.1) is 6.20 Å². The van der Waals surface area contributed by atoms with E-state index in [1.54, 1.807) is 0 Å². The van der Waals surface area contributed by atoms with Crippen LogP contribution in [0.4, 0.5) is 13.2 Å². The fourth-order valence-corrected chi connectivity index (χ4v) is 1.35. The van der Waals surface area contributed by atoms with E-state index in [1.165, 1.54) is 24.3 Å². The van der Waals surface area contributed by atoms with Gasteiger partial charge < -0.3 is 5.11 Å². The summed E-state index contributed by atoms with van der Waals surface area (Å²) >= 11 is 0. The van der Waals surface area contributed by atoms with Crippen molar-refractivity contribution in [2.75, 3.05) is 0 Å². The van der Waals surface area contributed by atoms with Crippen LogP contribution in [0.25, 0.3) is 5.69 Å². The van der Waals surface area contributed by atoms with Crippen molar-refractivity contribution in [2.24, 2.45) is 0 Å². The molecular weight excluding hydrogens is 221 g/mol. The van der Waals surface area contributed by atoms with Crippen molar-refractivity contribution in [3.05, 3.63) is 42.2 Å². The number of hydrogen-bond donors (Lipinski definition) is 1. The smallest absolute Gasteiger partial charge is 0.433 e. The highest BCUT2D eigenvalue weighted by Crippen LogP contribution is 2.32. The number of rotatable bonds is 1. The Bertz CT molecular complexity index is 505. The van der Waals surface area contributed by atoms with Gasteiger partial charge in [0, 0.05) is 0 Å². The third-order valence-electron chi connectivity index (χ3n) is 2.04. The zero-order chi connectivity index (χ0) is 11.8. The fraction of sp³-hybridized carbons (Fsp3) is 0.100. The Kier molecular flexibility index (Phi) is 2.34. The van der Waals surface area contributed by atoms with Crippen LogP contribution in [0.15, 0.2) is 36.5 Å². The average Bonchev–Trinajstić information content (AvgIpc) is 2.66. The second-order valence-corrected chi connectivity index (χ2v) is 3.11. The Morgan fingerprint density at radius 1 is 1.12 bits per heavy atom. The number of aromatic hydroxyl groups is 1. The van der Waals surface area contributed by atoms with Crippen molar-refractivity contribution >= 4 is 0 Å². The summed E-state index contributed by atoms with van der Waals surface area (Å²) in [6, 6.07) is 6.56. The van der Waals surface area contributed by atoms with Crippen LogP contribution in [0.3, 0.4) is 0 Å². The van der Waals surface area contributed by atoms with Gasteiger partial charge in [0.15, 0.2) is 0 Å². The second kappa shape index (κ2) is 3.55. The average molecular weight is 228 g/mol. The minimum atomic E-state index is -4.50. The number of para-hydroxylation sites is 2. The molecule has 0 fully saturated rings. The van der Waals surface area contributed by atoms with Crippen molar-refractivity contribution in [3.8, 4) is 11.4 Å². The lowest BCUT2D eigenvalue weighted by Crippen LogP contribution is -2.13. The Morgan fingerprint density at radius 2 is 1.81 bits per heavy atom. The third kappa shape index (κ3) is 1.73. The maximum atomic E-state index is 12.6. The second-order valence-electron chi connectivity index (χ2n) is 3.11. The summed E-state index contributed by atoms with van der Waals surface area (Å²) in [6.07, 6.45) is -3.46. The number of phenols is 1. The Morgan fingerprint density at radius 3 is 2.44 bits per heavy atom. The highest BCUT2D eigenvalue weighted by Gasteiger charge is 2.35. The number of alkyl halides is 3. The molecule has 0 amide bonds. The van der Waals surface area contributed by atoms with Crippen LogP contribution in [-0.2, 0) is 6.18 Å². The Balaban J connectivity index is 2.58. The van der Waals surface area contributed by atoms with Crippen molar-refractivity contribution in [1.82, 2.24) is 9.78 Å². The first kappa shape index (κ1) is 10.5. The molecule has 2 aromatic rings. The molecule has 84 valence electrons. The number of nitrogens with zero attached hydrogens (tertiary/aromatic N) is 2. The van der Waals surface area contributed by atoms with E-state index in [4.69, 9.17) is 0 Å². The fourth-order valence-electron chi connectivity index (χ4n) is 1.35. The van der Waals surface area contributed by atoms with E-state index in [1.807, 2.05) is 0 Å². The quantitative estimate of drug-likeness (QED) is 0.814. The maximum Gasteiger partial charge on any atom is 0.433 e. The molecule has 0 spiro atoms. The Hall–Kier alpha value is -1.98. The van der Waals surface area contributed by atoms with Crippen LogP contribution < -0.4 is 0 Å². The lowest BCUT2D eigenvalue weighted by Gasteiger charge is -2.11. The molecular formula is C10H7F3N2O. The largest absolute Gasteiger partial charge is 0.506 e. The van der Waals surface area contributed by atoms with Crippen molar-refractivity contribution < 1.29 is 18.3 Å². The van der Waals surface area contributed by atoms with E-state index in [0.29, 0.717) is 4.68 Å². The number of hydrogen-bond acceptors (Lipinski definition) is 2. The molecule has 2 rings (SSSR count). The molecule has 1 aromatic heterocycles. The zero-order valence-electron chi connectivity index (χ0n) is 7.94. The summed E-state index contributed by atoms with van der Waals surface area (Å²) in [5, 5.41) is 13.0. The van der Waals surface area contributed by atoms with E-state index in [-0.39, 0.29) is 11.4 Å². The number of halogens is 3. The van der Waals surface area contributed by atoms with Gasteiger partial charge in [-0.05, 0) is 18.2 Å². The monoisotopic (exact) mass is 228 g/mol. The maximum absolute atomic E-state index is 12.6. The minimum absolute atomic E-state index is 0.000162. The van der Waals surface area contributed by atoms with Gasteiger partial charge in [-0.15, -0.1) is 0 Å². The topological polar surface area (TPSA) is 38.0 Å². The molecule has 1 heterocycles. The summed E-state index contributed by atoms with van der Waals surface area (Å²) in [6.45, 7) is 0. The summed E-state index contributed by atoms with van der Waals surface area (Å²) in [7, 11) is 0. The van der Waals surface area contributed by atoms with Crippen LogP contribution in [-0.4, -0.2) is 14.9 Å². The van der Waals surface area contributed by atoms with Crippen LogP contribution in [0.1, 0.15) is 5.69 Å². The first-order valence-electron chi connectivity index (χ1n) is 4.40. The molecule has 0 bridgehead atoms. The minimum Gasteiger partial charge on any atom is -0.506 e. The van der Waals surface area contributed by atoms with Gasteiger partial charge in [-0.25, -0.2) is 4.68 Å². The highest BCUT2D eigenvalue weighted by atomic mass is 19.4. The number of phenolic OH excluding ortho intramolecular Hbond substituents is 1. The lowest BCUT2D eigenvalue weighted by atomic mass is 10.3. The molecule has 0 aliphatic rings. The zero-order valence-corrected chi connectivity index (χ0v) is 7.94. The number of benzene rings is 1. The van der Waals surface area contributed by atoms with Gasteiger partial charge in [0.25, 0.3) is 0 Å². The van der Waals surface area contributed by atoms with Crippen LogP contribution >= 0.6 is 0 Å². The first-order chi connectivity index (χ1) is 7.50. The summed E-state index contributed by atoms with van der Waals surface area (Å²) in [4.78, 5) is 0. The molecule has 0 unspecified atom stereocenters. The normalized spacial score (nSPS) is 11.7. The molecule has 0 saturated carbocycles. The van der Waals surface area contributed by atoms with E-state index >= 15 is 0 Å². The predicted molar refractivity (Wildman–Crippen MR) is 50.2 cm³/mol. The molecule has 16 heavy (non-hydrogen) atoms. The lowest BCUT2D eigenvalue weighted by molar-refractivity contribution is -0.142. The van der Waals surface area contributed by atoms with E-state index in [9.17, 15) is 18.3 Å². The predicted octanol–water partition coefficient (Wildman–Crippen LogP) is 2.60. The third-order valence-corrected chi connectivity index (χ3v) is 2.04. The Labute approximate surface area is 88.8 Å². The van der Waals surface area contributed by atoms with Crippen LogP contribution in [0.5, 0.6) is 5.75 Å². The van der Waals surface area contributed by atoms with Gasteiger partial charge >= 0.3 is 6.18 Å². The molecule has 0 radical (unpaired) electrons. The standard InChI is InChI=1S/C10H7F3N2O/c11-10(12,13)9-5-6-14-15(9)7-3-1-2-4-8(7)16/h1-6,16H. The molecule has 6 heteroatoms. The highest BCUT2D eigenvalue weighted by molar-refractivity contribution is 5.45. The summed E-state index contributed by atoms with van der Waals surface area (Å²) in [5.74, 6) is -0.253. The van der Waals surface area contributed by atoms with Gasteiger partial charge in [-0.2, -0.15) is 18.3 Å². The van der Waals surface area contributed by atoms with Gasteiger partial charge in [0.2, 0.25) is 0 Å². The van der Waals surface area contributed by atoms with Crippen LogP contribution in [0, 0.1) is 0 Å². The molecule has 3 nitrogen and oxygen atoms in total.